The maximum atomic E-state index is 13.3. The maximum Gasteiger partial charge on any atom is 0.295 e. The lowest BCUT2D eigenvalue weighted by Gasteiger charge is -2.26. The summed E-state index contributed by atoms with van der Waals surface area (Å²) in [5.41, 5.74) is 1.33. The molecule has 3 rings (SSSR count). The number of rotatable bonds is 8. The molecule has 2 aromatic rings. The van der Waals surface area contributed by atoms with E-state index >= 15 is 0 Å². The van der Waals surface area contributed by atoms with Gasteiger partial charge in [-0.15, -0.1) is 0 Å². The van der Waals surface area contributed by atoms with E-state index in [0.29, 0.717) is 16.9 Å². The number of phenols is 1. The monoisotopic (exact) mass is 497 g/mol. The van der Waals surface area contributed by atoms with E-state index in [-0.39, 0.29) is 47.5 Å². The first-order valence-electron chi connectivity index (χ1n) is 11.9. The third-order valence-electron chi connectivity index (χ3n) is 6.12. The van der Waals surface area contributed by atoms with E-state index < -0.39 is 17.7 Å². The second-order valence-corrected chi connectivity index (χ2v) is 10.0. The fourth-order valence-corrected chi connectivity index (χ4v) is 4.32. The molecule has 1 atom stereocenters. The van der Waals surface area contributed by atoms with Crippen LogP contribution in [-0.2, 0) is 19.7 Å². The van der Waals surface area contributed by atoms with Crippen molar-refractivity contribution in [2.75, 3.05) is 27.4 Å². The van der Waals surface area contributed by atoms with Crippen LogP contribution in [0.15, 0.2) is 42.0 Å². The van der Waals surface area contributed by atoms with E-state index in [1.54, 1.807) is 37.4 Å². The molecule has 1 fully saturated rings. The molecule has 194 valence electrons. The molecule has 0 spiro atoms. The predicted molar refractivity (Wildman–Crippen MR) is 136 cm³/mol. The van der Waals surface area contributed by atoms with Gasteiger partial charge in [0.15, 0.2) is 11.5 Å². The van der Waals surface area contributed by atoms with Gasteiger partial charge in [-0.05, 0) is 55.2 Å². The molecule has 0 aromatic heterocycles. The third-order valence-corrected chi connectivity index (χ3v) is 6.12. The molecule has 8 nitrogen and oxygen atoms in total. The average Bonchev–Trinajstić information content (AvgIpc) is 3.07. The maximum absolute atomic E-state index is 13.3. The normalized spacial score (nSPS) is 17.7. The van der Waals surface area contributed by atoms with Gasteiger partial charge in [0, 0.05) is 17.7 Å². The highest BCUT2D eigenvalue weighted by atomic mass is 16.5. The second kappa shape index (κ2) is 10.6. The first kappa shape index (κ1) is 27.1. The largest absolute Gasteiger partial charge is 0.507 e. The minimum Gasteiger partial charge on any atom is -0.507 e. The molecule has 8 heteroatoms. The van der Waals surface area contributed by atoms with Crippen LogP contribution < -0.4 is 9.47 Å². The number of nitrogens with zero attached hydrogens (tertiary/aromatic N) is 1. The first-order valence-corrected chi connectivity index (χ1v) is 11.9. The molecule has 1 saturated heterocycles. The van der Waals surface area contributed by atoms with Gasteiger partial charge in [0.1, 0.15) is 11.5 Å². The van der Waals surface area contributed by atoms with Crippen molar-refractivity contribution < 1.29 is 34.0 Å². The van der Waals surface area contributed by atoms with Crippen LogP contribution in [0.5, 0.6) is 17.2 Å². The second-order valence-electron chi connectivity index (χ2n) is 10.0. The molecule has 2 aromatic carbocycles. The zero-order valence-corrected chi connectivity index (χ0v) is 21.9. The van der Waals surface area contributed by atoms with Gasteiger partial charge in [-0.3, -0.25) is 9.59 Å². The van der Waals surface area contributed by atoms with Crippen LogP contribution in [-0.4, -0.2) is 60.3 Å². The first-order chi connectivity index (χ1) is 16.9. The summed E-state index contributed by atoms with van der Waals surface area (Å²) < 4.78 is 16.3. The van der Waals surface area contributed by atoms with E-state index in [4.69, 9.17) is 14.2 Å². The van der Waals surface area contributed by atoms with E-state index in [2.05, 4.69) is 0 Å². The van der Waals surface area contributed by atoms with Gasteiger partial charge in [-0.1, -0.05) is 26.8 Å². The molecule has 1 aliphatic heterocycles. The number of carbonyl (C=O) groups excluding carboxylic acids is 2. The topological polar surface area (TPSA) is 106 Å². The number of aromatic hydroxyl groups is 1. The van der Waals surface area contributed by atoms with Crippen LogP contribution in [0.4, 0.5) is 0 Å². The molecule has 0 saturated carbocycles. The van der Waals surface area contributed by atoms with Crippen molar-refractivity contribution in [3.8, 4) is 17.2 Å². The quantitative estimate of drug-likeness (QED) is 0.313. The fraction of sp³-hybridized carbons (Fsp3) is 0.429. The Morgan fingerprint density at radius 1 is 1.03 bits per heavy atom. The highest BCUT2D eigenvalue weighted by molar-refractivity contribution is 6.46. The molecule has 1 heterocycles. The Morgan fingerprint density at radius 2 is 1.67 bits per heavy atom. The van der Waals surface area contributed by atoms with Crippen LogP contribution in [0.3, 0.4) is 0 Å². The highest BCUT2D eigenvalue weighted by Crippen LogP contribution is 2.42. The minimum absolute atomic E-state index is 0.0552. The summed E-state index contributed by atoms with van der Waals surface area (Å²) in [5.74, 6) is -1.07. The Morgan fingerprint density at radius 3 is 2.22 bits per heavy atom. The number of Topliss-reactive ketones (excluding diaryl/α,β-unsaturated/α-hetero) is 1. The number of hydrogen-bond donors (Lipinski definition) is 2. The van der Waals surface area contributed by atoms with Gasteiger partial charge in [0.2, 0.25) is 0 Å². The lowest BCUT2D eigenvalue weighted by molar-refractivity contribution is -0.140. The lowest BCUT2D eigenvalue weighted by Crippen LogP contribution is -2.33. The Kier molecular flexibility index (Phi) is 7.99. The zero-order valence-electron chi connectivity index (χ0n) is 21.9. The number of carbonyl (C=O) groups is 2. The van der Waals surface area contributed by atoms with Crippen LogP contribution in [0, 0.1) is 0 Å². The van der Waals surface area contributed by atoms with Crippen molar-refractivity contribution in [1.82, 2.24) is 4.90 Å². The van der Waals surface area contributed by atoms with Gasteiger partial charge in [-0.2, -0.15) is 0 Å². The number of hydrogen-bond acceptors (Lipinski definition) is 7. The number of likely N-dealkylation sites (tertiary alicyclic amines) is 1. The summed E-state index contributed by atoms with van der Waals surface area (Å²) in [6.07, 6.45) is -0.0552. The van der Waals surface area contributed by atoms with E-state index in [9.17, 15) is 19.8 Å². The highest BCUT2D eigenvalue weighted by Gasteiger charge is 2.46. The number of methoxy groups -OCH3 is 2. The molecule has 1 unspecified atom stereocenters. The number of aliphatic hydroxyl groups excluding tert-OH is 1. The molecule has 1 amide bonds. The predicted octanol–water partition coefficient (Wildman–Crippen LogP) is 4.55. The van der Waals surface area contributed by atoms with Crippen molar-refractivity contribution >= 4 is 17.4 Å². The number of amides is 1. The molecule has 0 radical (unpaired) electrons. The molecular weight excluding hydrogens is 462 g/mol. The van der Waals surface area contributed by atoms with E-state index in [0.717, 1.165) is 5.56 Å². The summed E-state index contributed by atoms with van der Waals surface area (Å²) in [6, 6.07) is 8.89. The SMILES string of the molecule is COc1ccc(C2/C(=C(/O)c3ccc(OC)c(C(C)(C)C)c3)C(=O)C(=O)N2CCOC(C)C)cc1O. The van der Waals surface area contributed by atoms with E-state index in [1.807, 2.05) is 34.6 Å². The fourth-order valence-electron chi connectivity index (χ4n) is 4.32. The van der Waals surface area contributed by atoms with Crippen molar-refractivity contribution in [3.63, 3.8) is 0 Å². The minimum atomic E-state index is -0.919. The summed E-state index contributed by atoms with van der Waals surface area (Å²) in [7, 11) is 3.01. The smallest absolute Gasteiger partial charge is 0.295 e. The Labute approximate surface area is 212 Å². The Balaban J connectivity index is 2.19. The number of benzene rings is 2. The van der Waals surface area contributed by atoms with Crippen molar-refractivity contribution in [3.05, 3.63) is 58.7 Å². The summed E-state index contributed by atoms with van der Waals surface area (Å²) >= 11 is 0. The summed E-state index contributed by atoms with van der Waals surface area (Å²) in [6.45, 7) is 10.1. The Hall–Kier alpha value is -3.52. The molecular formula is C28H35NO7. The van der Waals surface area contributed by atoms with Gasteiger partial charge >= 0.3 is 0 Å². The molecule has 36 heavy (non-hydrogen) atoms. The van der Waals surface area contributed by atoms with E-state index in [1.165, 1.54) is 18.1 Å². The van der Waals surface area contributed by atoms with Crippen molar-refractivity contribution in [1.29, 1.82) is 0 Å². The molecule has 0 bridgehead atoms. The van der Waals surface area contributed by atoms with Crippen LogP contribution in [0.25, 0.3) is 5.76 Å². The Bertz CT molecular complexity index is 1180. The van der Waals surface area contributed by atoms with Gasteiger partial charge in [-0.25, -0.2) is 0 Å². The number of ether oxygens (including phenoxy) is 3. The molecule has 1 aliphatic rings. The molecule has 2 N–H and O–H groups in total. The number of ketones is 1. The lowest BCUT2D eigenvalue weighted by atomic mass is 9.84. The number of aliphatic hydroxyl groups is 1. The van der Waals surface area contributed by atoms with Crippen molar-refractivity contribution in [2.45, 2.75) is 52.2 Å². The molecule has 0 aliphatic carbocycles. The standard InChI is InChI=1S/C28H35NO7/c1-16(2)36-13-12-29-24(17-8-11-22(35-7)20(30)15-17)23(26(32)27(29)33)25(31)18-9-10-21(34-6)19(14-18)28(3,4)5/h8-11,14-16,24,30-31H,12-13H2,1-7H3/b25-23-. The zero-order chi connectivity index (χ0) is 26.8. The van der Waals surface area contributed by atoms with Crippen LogP contribution in [0.2, 0.25) is 0 Å². The number of phenolic OH excluding ortho intramolecular Hbond substituents is 1. The van der Waals surface area contributed by atoms with Crippen molar-refractivity contribution in [2.24, 2.45) is 0 Å². The van der Waals surface area contributed by atoms with Crippen LogP contribution in [0.1, 0.15) is 57.4 Å². The van der Waals surface area contributed by atoms with Crippen LogP contribution >= 0.6 is 0 Å². The summed E-state index contributed by atoms with van der Waals surface area (Å²) in [5, 5.41) is 21.8. The summed E-state index contributed by atoms with van der Waals surface area (Å²) in [4.78, 5) is 27.7. The van der Waals surface area contributed by atoms with Gasteiger partial charge in [0.05, 0.1) is 38.5 Å². The van der Waals surface area contributed by atoms with Gasteiger partial charge < -0.3 is 29.3 Å². The average molecular weight is 498 g/mol. The van der Waals surface area contributed by atoms with Gasteiger partial charge in [0.25, 0.3) is 11.7 Å². The third kappa shape index (κ3) is 5.33.